The minimum Gasteiger partial charge on any atom is -0.329 e. The standard InChI is InChI=1S/C20H28N4/c1-15-20(23(2)13-10-16-8-11-22-12-9-16)18-7-5-4-6-17(18)19(14-21)24(15)3/h4-9,11-12,15,19-20H,10,13-14,21H2,1-3H3. The van der Waals surface area contributed by atoms with Gasteiger partial charge in [0.05, 0.1) is 6.04 Å². The van der Waals surface area contributed by atoms with Gasteiger partial charge in [0.25, 0.3) is 0 Å². The Balaban J connectivity index is 1.83. The molecule has 0 fully saturated rings. The molecule has 2 N–H and O–H groups in total. The lowest BCUT2D eigenvalue weighted by molar-refractivity contribution is 0.0742. The first-order valence-electron chi connectivity index (χ1n) is 8.73. The zero-order chi connectivity index (χ0) is 17.1. The summed E-state index contributed by atoms with van der Waals surface area (Å²) in [7, 11) is 4.43. The normalized spacial score (nSPS) is 24.1. The second-order valence-corrected chi connectivity index (χ2v) is 6.82. The molecule has 0 saturated heterocycles. The highest BCUT2D eigenvalue weighted by atomic mass is 15.3. The Labute approximate surface area is 145 Å². The van der Waals surface area contributed by atoms with Crippen molar-refractivity contribution in [2.45, 2.75) is 31.5 Å². The summed E-state index contributed by atoms with van der Waals surface area (Å²) < 4.78 is 0. The van der Waals surface area contributed by atoms with Gasteiger partial charge in [-0.3, -0.25) is 14.8 Å². The highest BCUT2D eigenvalue weighted by molar-refractivity contribution is 5.36. The fourth-order valence-electron chi connectivity index (χ4n) is 3.96. The molecule has 0 bridgehead atoms. The van der Waals surface area contributed by atoms with E-state index in [1.807, 2.05) is 12.4 Å². The molecule has 1 aliphatic rings. The number of benzene rings is 1. The largest absolute Gasteiger partial charge is 0.329 e. The summed E-state index contributed by atoms with van der Waals surface area (Å²) in [6.07, 6.45) is 4.77. The fourth-order valence-corrected chi connectivity index (χ4v) is 3.96. The Morgan fingerprint density at radius 2 is 1.79 bits per heavy atom. The smallest absolute Gasteiger partial charge is 0.0501 e. The van der Waals surface area contributed by atoms with Crippen molar-refractivity contribution in [1.82, 2.24) is 14.8 Å². The van der Waals surface area contributed by atoms with Crippen LogP contribution in [0.15, 0.2) is 48.8 Å². The molecule has 0 spiro atoms. The molecule has 3 rings (SSSR count). The van der Waals surface area contributed by atoms with Gasteiger partial charge in [-0.25, -0.2) is 0 Å². The van der Waals surface area contributed by atoms with Crippen LogP contribution >= 0.6 is 0 Å². The molecule has 4 nitrogen and oxygen atoms in total. The molecule has 0 amide bonds. The van der Waals surface area contributed by atoms with E-state index in [-0.39, 0.29) is 0 Å². The van der Waals surface area contributed by atoms with E-state index in [0.717, 1.165) is 13.0 Å². The average molecular weight is 324 g/mol. The van der Waals surface area contributed by atoms with Gasteiger partial charge in [-0.2, -0.15) is 0 Å². The summed E-state index contributed by atoms with van der Waals surface area (Å²) in [6.45, 7) is 3.99. The van der Waals surface area contributed by atoms with Crippen LogP contribution in [0.4, 0.5) is 0 Å². The third-order valence-corrected chi connectivity index (χ3v) is 5.47. The topological polar surface area (TPSA) is 45.4 Å². The van der Waals surface area contributed by atoms with Gasteiger partial charge in [0, 0.05) is 37.6 Å². The van der Waals surface area contributed by atoms with E-state index in [9.17, 15) is 0 Å². The van der Waals surface area contributed by atoms with Crippen molar-refractivity contribution in [2.75, 3.05) is 27.2 Å². The highest BCUT2D eigenvalue weighted by Crippen LogP contribution is 2.39. The molecule has 3 atom stereocenters. The molecule has 2 aromatic rings. The van der Waals surface area contributed by atoms with Crippen LogP contribution in [-0.4, -0.2) is 48.0 Å². The molecule has 0 radical (unpaired) electrons. The lowest BCUT2D eigenvalue weighted by atomic mass is 9.84. The van der Waals surface area contributed by atoms with Crippen LogP contribution in [0, 0.1) is 0 Å². The maximum atomic E-state index is 6.07. The maximum Gasteiger partial charge on any atom is 0.0501 e. The van der Waals surface area contributed by atoms with Gasteiger partial charge in [-0.05, 0) is 56.3 Å². The van der Waals surface area contributed by atoms with Crippen molar-refractivity contribution < 1.29 is 0 Å². The van der Waals surface area contributed by atoms with Gasteiger partial charge in [0.15, 0.2) is 0 Å². The van der Waals surface area contributed by atoms with Crippen molar-refractivity contribution in [3.8, 4) is 0 Å². The molecule has 2 heterocycles. The number of rotatable bonds is 5. The first kappa shape index (κ1) is 17.1. The van der Waals surface area contributed by atoms with E-state index in [4.69, 9.17) is 5.73 Å². The van der Waals surface area contributed by atoms with Gasteiger partial charge in [0.2, 0.25) is 0 Å². The molecule has 0 saturated carbocycles. The number of nitrogens with zero attached hydrogens (tertiary/aromatic N) is 3. The summed E-state index contributed by atoms with van der Waals surface area (Å²) in [5.41, 5.74) is 10.2. The summed E-state index contributed by atoms with van der Waals surface area (Å²) in [6, 6.07) is 14.1. The van der Waals surface area contributed by atoms with E-state index < -0.39 is 0 Å². The number of hydrogen-bond donors (Lipinski definition) is 1. The summed E-state index contributed by atoms with van der Waals surface area (Å²) in [5.74, 6) is 0. The predicted molar refractivity (Wildman–Crippen MR) is 98.8 cm³/mol. The van der Waals surface area contributed by atoms with E-state index in [0.29, 0.717) is 24.7 Å². The minimum atomic E-state index is 0.307. The number of aromatic nitrogens is 1. The lowest BCUT2D eigenvalue weighted by Crippen LogP contribution is -2.49. The SMILES string of the molecule is CC1C(N(C)CCc2ccncc2)c2ccccc2C(CN)N1C. The van der Waals surface area contributed by atoms with Gasteiger partial charge in [-0.15, -0.1) is 0 Å². The van der Waals surface area contributed by atoms with E-state index in [1.54, 1.807) is 0 Å². The molecular formula is C20H28N4. The van der Waals surface area contributed by atoms with Crippen LogP contribution in [0.3, 0.4) is 0 Å². The molecule has 4 heteroatoms. The maximum absolute atomic E-state index is 6.07. The quantitative estimate of drug-likeness (QED) is 0.918. The van der Waals surface area contributed by atoms with E-state index in [1.165, 1.54) is 16.7 Å². The lowest BCUT2D eigenvalue weighted by Gasteiger charge is -2.47. The molecule has 1 aromatic carbocycles. The zero-order valence-electron chi connectivity index (χ0n) is 14.9. The molecule has 128 valence electrons. The number of nitrogens with two attached hydrogens (primary N) is 1. The van der Waals surface area contributed by atoms with Crippen molar-refractivity contribution in [3.05, 3.63) is 65.5 Å². The Morgan fingerprint density at radius 3 is 2.46 bits per heavy atom. The zero-order valence-corrected chi connectivity index (χ0v) is 14.9. The van der Waals surface area contributed by atoms with Crippen LogP contribution in [0.2, 0.25) is 0 Å². The average Bonchev–Trinajstić information content (AvgIpc) is 2.62. The fraction of sp³-hybridized carbons (Fsp3) is 0.450. The first-order chi connectivity index (χ1) is 11.6. The Bertz CT molecular complexity index is 658. The number of hydrogen-bond acceptors (Lipinski definition) is 4. The molecule has 1 aliphatic heterocycles. The van der Waals surface area contributed by atoms with Crippen molar-refractivity contribution in [2.24, 2.45) is 5.73 Å². The Morgan fingerprint density at radius 1 is 1.12 bits per heavy atom. The van der Waals surface area contributed by atoms with Gasteiger partial charge in [-0.1, -0.05) is 24.3 Å². The summed E-state index contributed by atoms with van der Waals surface area (Å²) >= 11 is 0. The van der Waals surface area contributed by atoms with Crippen LogP contribution < -0.4 is 5.73 Å². The van der Waals surface area contributed by atoms with Gasteiger partial charge < -0.3 is 5.73 Å². The predicted octanol–water partition coefficient (Wildman–Crippen LogP) is 2.63. The molecule has 1 aromatic heterocycles. The Hall–Kier alpha value is -1.75. The van der Waals surface area contributed by atoms with Gasteiger partial charge in [0.1, 0.15) is 0 Å². The van der Waals surface area contributed by atoms with Crippen LogP contribution in [0.5, 0.6) is 0 Å². The highest BCUT2D eigenvalue weighted by Gasteiger charge is 2.37. The van der Waals surface area contributed by atoms with Crippen molar-refractivity contribution >= 4 is 0 Å². The number of pyridine rings is 1. The second-order valence-electron chi connectivity index (χ2n) is 6.82. The van der Waals surface area contributed by atoms with Crippen LogP contribution in [0.25, 0.3) is 0 Å². The summed E-state index contributed by atoms with van der Waals surface area (Å²) in [5, 5.41) is 0. The van der Waals surface area contributed by atoms with Crippen LogP contribution in [0.1, 0.15) is 35.7 Å². The number of likely N-dealkylation sites (N-methyl/N-ethyl adjacent to an activating group) is 2. The Kier molecular flexibility index (Phi) is 5.29. The first-order valence-corrected chi connectivity index (χ1v) is 8.73. The summed E-state index contributed by atoms with van der Waals surface area (Å²) in [4.78, 5) is 9.01. The monoisotopic (exact) mass is 324 g/mol. The van der Waals surface area contributed by atoms with Crippen molar-refractivity contribution in [1.29, 1.82) is 0 Å². The van der Waals surface area contributed by atoms with E-state index >= 15 is 0 Å². The van der Waals surface area contributed by atoms with Gasteiger partial charge >= 0.3 is 0 Å². The van der Waals surface area contributed by atoms with E-state index in [2.05, 4.69) is 72.2 Å². The van der Waals surface area contributed by atoms with Crippen molar-refractivity contribution in [3.63, 3.8) is 0 Å². The van der Waals surface area contributed by atoms with Crippen LogP contribution in [-0.2, 0) is 6.42 Å². The third-order valence-electron chi connectivity index (χ3n) is 5.47. The molecule has 3 unspecified atom stereocenters. The second kappa shape index (κ2) is 7.43. The molecule has 0 aliphatic carbocycles. The minimum absolute atomic E-state index is 0.307. The molecule has 24 heavy (non-hydrogen) atoms. The molecular weight excluding hydrogens is 296 g/mol. The third kappa shape index (κ3) is 3.22. The number of fused-ring (bicyclic) bond motifs is 1.